The predicted molar refractivity (Wildman–Crippen MR) is 59.8 cm³/mol. The molecular formula is C10H10FN3OS. The summed E-state index contributed by atoms with van der Waals surface area (Å²) in [4.78, 5) is 7.16. The van der Waals surface area contributed by atoms with Crippen LogP contribution in [0.3, 0.4) is 0 Å². The number of halogens is 1. The lowest BCUT2D eigenvalue weighted by Gasteiger charge is -2.10. The first kappa shape index (κ1) is 11.0. The summed E-state index contributed by atoms with van der Waals surface area (Å²) in [5, 5.41) is 16.3. The Kier molecular flexibility index (Phi) is 3.43. The molecule has 84 valence electrons. The summed E-state index contributed by atoms with van der Waals surface area (Å²) in [5.74, 6) is -0.232. The molecule has 0 spiro atoms. The molecule has 6 heteroatoms. The molecular weight excluding hydrogens is 229 g/mol. The molecule has 0 saturated carbocycles. The molecule has 2 aromatic heterocycles. The molecule has 2 heterocycles. The van der Waals surface area contributed by atoms with Crippen LogP contribution in [0.2, 0.25) is 0 Å². The third-order valence-corrected chi connectivity index (χ3v) is 2.74. The van der Waals surface area contributed by atoms with E-state index in [1.807, 2.05) is 16.8 Å². The fourth-order valence-electron chi connectivity index (χ4n) is 1.21. The van der Waals surface area contributed by atoms with Gasteiger partial charge in [0.1, 0.15) is 12.1 Å². The Morgan fingerprint density at radius 3 is 3.06 bits per heavy atom. The molecule has 0 amide bonds. The summed E-state index contributed by atoms with van der Waals surface area (Å²) < 4.78 is 12.7. The van der Waals surface area contributed by atoms with E-state index in [4.69, 9.17) is 0 Å². The number of aliphatic hydroxyl groups excluding tert-OH is 1. The second-order valence-electron chi connectivity index (χ2n) is 3.18. The van der Waals surface area contributed by atoms with Gasteiger partial charge in [-0.25, -0.2) is 9.97 Å². The molecule has 0 aromatic carbocycles. The second-order valence-corrected chi connectivity index (χ2v) is 3.96. The number of aliphatic hydroxyl groups is 1. The lowest BCUT2D eigenvalue weighted by atomic mass is 10.2. The zero-order chi connectivity index (χ0) is 11.4. The molecule has 0 aliphatic rings. The highest BCUT2D eigenvalue weighted by Crippen LogP contribution is 2.16. The summed E-state index contributed by atoms with van der Waals surface area (Å²) in [6.45, 7) is 0.285. The van der Waals surface area contributed by atoms with Gasteiger partial charge in [-0.1, -0.05) is 0 Å². The summed E-state index contributed by atoms with van der Waals surface area (Å²) in [6.07, 6.45) is 0.513. The van der Waals surface area contributed by atoms with Crippen molar-refractivity contribution in [2.75, 3.05) is 11.9 Å². The van der Waals surface area contributed by atoms with Crippen LogP contribution < -0.4 is 5.32 Å². The van der Waals surface area contributed by atoms with Crippen molar-refractivity contribution in [3.8, 4) is 0 Å². The van der Waals surface area contributed by atoms with Gasteiger partial charge in [0.25, 0.3) is 0 Å². The number of nitrogens with one attached hydrogen (secondary N) is 1. The third-order valence-electron chi connectivity index (χ3n) is 2.04. The summed E-state index contributed by atoms with van der Waals surface area (Å²) in [5.41, 5.74) is 0.840. The van der Waals surface area contributed by atoms with Gasteiger partial charge in [-0.15, -0.1) is 0 Å². The smallest absolute Gasteiger partial charge is 0.217 e. The average Bonchev–Trinajstić information content (AvgIpc) is 2.79. The molecule has 0 radical (unpaired) electrons. The Morgan fingerprint density at radius 1 is 1.50 bits per heavy atom. The van der Waals surface area contributed by atoms with Crippen molar-refractivity contribution < 1.29 is 9.50 Å². The van der Waals surface area contributed by atoms with Crippen LogP contribution in [0.5, 0.6) is 0 Å². The highest BCUT2D eigenvalue weighted by atomic mass is 32.1. The second kappa shape index (κ2) is 5.00. The lowest BCUT2D eigenvalue weighted by Crippen LogP contribution is -2.12. The topological polar surface area (TPSA) is 58.0 Å². The first-order valence-corrected chi connectivity index (χ1v) is 5.61. The molecule has 0 fully saturated rings. The van der Waals surface area contributed by atoms with E-state index < -0.39 is 12.1 Å². The molecule has 0 aliphatic heterocycles. The Labute approximate surface area is 95.8 Å². The predicted octanol–water partition coefficient (Wildman–Crippen LogP) is 1.82. The molecule has 0 aliphatic carbocycles. The van der Waals surface area contributed by atoms with Gasteiger partial charge in [0.2, 0.25) is 5.95 Å². The van der Waals surface area contributed by atoms with E-state index in [0.29, 0.717) is 5.82 Å². The average molecular weight is 239 g/mol. The van der Waals surface area contributed by atoms with E-state index in [2.05, 4.69) is 15.3 Å². The number of aromatic nitrogens is 2. The van der Waals surface area contributed by atoms with E-state index in [1.165, 1.54) is 17.4 Å². The van der Waals surface area contributed by atoms with Gasteiger partial charge in [0.15, 0.2) is 0 Å². The third kappa shape index (κ3) is 2.74. The summed E-state index contributed by atoms with van der Waals surface area (Å²) >= 11 is 1.52. The zero-order valence-electron chi connectivity index (χ0n) is 8.30. The number of rotatable bonds is 4. The van der Waals surface area contributed by atoms with Crippen molar-refractivity contribution >= 4 is 17.2 Å². The highest BCUT2D eigenvalue weighted by Gasteiger charge is 2.07. The van der Waals surface area contributed by atoms with Crippen molar-refractivity contribution in [2.45, 2.75) is 6.10 Å². The Balaban J connectivity index is 1.92. The van der Waals surface area contributed by atoms with Gasteiger partial charge >= 0.3 is 0 Å². The number of hydrogen-bond acceptors (Lipinski definition) is 5. The molecule has 0 saturated heterocycles. The molecule has 2 N–H and O–H groups in total. The largest absolute Gasteiger partial charge is 0.387 e. The van der Waals surface area contributed by atoms with E-state index >= 15 is 0 Å². The normalized spacial score (nSPS) is 12.4. The number of thiophene rings is 1. The Morgan fingerprint density at radius 2 is 2.38 bits per heavy atom. The van der Waals surface area contributed by atoms with Gasteiger partial charge in [-0.2, -0.15) is 15.7 Å². The zero-order valence-corrected chi connectivity index (χ0v) is 9.12. The van der Waals surface area contributed by atoms with Crippen LogP contribution in [0.4, 0.5) is 10.2 Å². The van der Waals surface area contributed by atoms with Crippen LogP contribution >= 0.6 is 11.3 Å². The standard InChI is InChI=1S/C10H10FN3OS/c11-9-3-10(14-6-13-9)12-4-8(15)7-1-2-16-5-7/h1-3,5-6,8,15H,4H2,(H,12,13,14). The Bertz CT molecular complexity index is 449. The quantitative estimate of drug-likeness (QED) is 0.799. The minimum absolute atomic E-state index is 0.285. The maximum Gasteiger partial charge on any atom is 0.217 e. The molecule has 1 unspecified atom stereocenters. The first-order valence-electron chi connectivity index (χ1n) is 4.67. The molecule has 16 heavy (non-hydrogen) atoms. The maximum absolute atomic E-state index is 12.7. The van der Waals surface area contributed by atoms with Crippen molar-refractivity contribution in [1.82, 2.24) is 9.97 Å². The van der Waals surface area contributed by atoms with E-state index in [-0.39, 0.29) is 6.54 Å². The lowest BCUT2D eigenvalue weighted by molar-refractivity contribution is 0.192. The highest BCUT2D eigenvalue weighted by molar-refractivity contribution is 7.07. The fourth-order valence-corrected chi connectivity index (χ4v) is 1.92. The van der Waals surface area contributed by atoms with E-state index in [9.17, 15) is 9.50 Å². The SMILES string of the molecule is OC(CNc1cc(F)ncn1)c1ccsc1. The van der Waals surface area contributed by atoms with Crippen molar-refractivity contribution in [1.29, 1.82) is 0 Å². The van der Waals surface area contributed by atoms with Gasteiger partial charge in [0, 0.05) is 12.6 Å². The van der Waals surface area contributed by atoms with Crippen molar-refractivity contribution in [3.05, 3.63) is 40.7 Å². The van der Waals surface area contributed by atoms with Crippen molar-refractivity contribution in [2.24, 2.45) is 0 Å². The van der Waals surface area contributed by atoms with E-state index in [1.54, 1.807) is 0 Å². The van der Waals surface area contributed by atoms with Crippen LogP contribution in [0.15, 0.2) is 29.2 Å². The number of anilines is 1. The first-order chi connectivity index (χ1) is 7.75. The van der Waals surface area contributed by atoms with Crippen LogP contribution in [0, 0.1) is 5.95 Å². The van der Waals surface area contributed by atoms with Crippen LogP contribution in [0.25, 0.3) is 0 Å². The van der Waals surface area contributed by atoms with Gasteiger partial charge < -0.3 is 10.4 Å². The Hall–Kier alpha value is -1.53. The van der Waals surface area contributed by atoms with E-state index in [0.717, 1.165) is 11.9 Å². The fraction of sp³-hybridized carbons (Fsp3) is 0.200. The van der Waals surface area contributed by atoms with Gasteiger partial charge in [0.05, 0.1) is 6.10 Å². The van der Waals surface area contributed by atoms with Gasteiger partial charge in [-0.3, -0.25) is 0 Å². The minimum Gasteiger partial charge on any atom is -0.387 e. The molecule has 2 rings (SSSR count). The van der Waals surface area contributed by atoms with Crippen LogP contribution in [0.1, 0.15) is 11.7 Å². The van der Waals surface area contributed by atoms with Gasteiger partial charge in [-0.05, 0) is 22.4 Å². The molecule has 2 aromatic rings. The molecule has 1 atom stereocenters. The minimum atomic E-state index is -0.621. The molecule has 0 bridgehead atoms. The number of hydrogen-bond donors (Lipinski definition) is 2. The number of nitrogens with zero attached hydrogens (tertiary/aromatic N) is 2. The summed E-state index contributed by atoms with van der Waals surface area (Å²) in [7, 11) is 0. The maximum atomic E-state index is 12.7. The molecule has 4 nitrogen and oxygen atoms in total. The summed E-state index contributed by atoms with van der Waals surface area (Å²) in [6, 6.07) is 3.03. The van der Waals surface area contributed by atoms with Crippen molar-refractivity contribution in [3.63, 3.8) is 0 Å². The van der Waals surface area contributed by atoms with Crippen LogP contribution in [-0.4, -0.2) is 21.6 Å². The monoisotopic (exact) mass is 239 g/mol. The van der Waals surface area contributed by atoms with Crippen LogP contribution in [-0.2, 0) is 0 Å².